The molecule has 2 aromatic rings. The summed E-state index contributed by atoms with van der Waals surface area (Å²) in [4.78, 5) is 17.5. The molecule has 0 spiro atoms. The molecule has 2 heterocycles. The molecule has 0 aliphatic heterocycles. The zero-order valence-corrected chi connectivity index (χ0v) is 9.82. The van der Waals surface area contributed by atoms with E-state index in [1.807, 2.05) is 11.4 Å². The first kappa shape index (κ1) is 10.3. The van der Waals surface area contributed by atoms with Gasteiger partial charge in [0.2, 0.25) is 5.91 Å². The first-order chi connectivity index (χ1) is 7.15. The molecule has 5 heteroatoms. The van der Waals surface area contributed by atoms with Crippen LogP contribution in [0.4, 0.5) is 0 Å². The van der Waals surface area contributed by atoms with Gasteiger partial charge in [-0.05, 0) is 19.1 Å². The van der Waals surface area contributed by atoms with E-state index in [2.05, 4.69) is 18.0 Å². The van der Waals surface area contributed by atoms with Crippen molar-refractivity contribution in [2.24, 2.45) is 5.73 Å². The van der Waals surface area contributed by atoms with Crippen LogP contribution in [-0.2, 0) is 11.2 Å². The highest BCUT2D eigenvalue weighted by Crippen LogP contribution is 2.28. The van der Waals surface area contributed by atoms with E-state index in [0.717, 1.165) is 15.6 Å². The Balaban J connectivity index is 2.23. The summed E-state index contributed by atoms with van der Waals surface area (Å²) in [5.41, 5.74) is 6.05. The van der Waals surface area contributed by atoms with Crippen molar-refractivity contribution < 1.29 is 4.79 Å². The van der Waals surface area contributed by atoms with Gasteiger partial charge in [0, 0.05) is 10.3 Å². The number of nitrogens with two attached hydrogens (primary N) is 1. The summed E-state index contributed by atoms with van der Waals surface area (Å²) in [7, 11) is 0. The third-order valence-corrected chi connectivity index (χ3v) is 3.74. The Hall–Kier alpha value is -1.20. The van der Waals surface area contributed by atoms with E-state index in [0.29, 0.717) is 0 Å². The maximum Gasteiger partial charge on any atom is 0.224 e. The van der Waals surface area contributed by atoms with Crippen molar-refractivity contribution in [2.45, 2.75) is 13.3 Å². The SMILES string of the molecule is Cc1ccc(-c2csc(CC(N)=O)n2)s1. The summed E-state index contributed by atoms with van der Waals surface area (Å²) in [5.74, 6) is -0.335. The molecule has 2 N–H and O–H groups in total. The summed E-state index contributed by atoms with van der Waals surface area (Å²) < 4.78 is 0. The van der Waals surface area contributed by atoms with Gasteiger partial charge in [-0.3, -0.25) is 4.79 Å². The molecule has 0 bridgehead atoms. The number of hydrogen-bond donors (Lipinski definition) is 1. The van der Waals surface area contributed by atoms with Crippen molar-refractivity contribution in [1.82, 2.24) is 4.98 Å². The molecule has 2 rings (SSSR count). The molecule has 15 heavy (non-hydrogen) atoms. The number of rotatable bonds is 3. The van der Waals surface area contributed by atoms with Crippen LogP contribution in [0.15, 0.2) is 17.5 Å². The fraction of sp³-hybridized carbons (Fsp3) is 0.200. The quantitative estimate of drug-likeness (QED) is 0.891. The summed E-state index contributed by atoms with van der Waals surface area (Å²) in [6.07, 6.45) is 0.231. The number of aryl methyl sites for hydroxylation is 1. The van der Waals surface area contributed by atoms with Crippen LogP contribution in [0.5, 0.6) is 0 Å². The molecule has 0 unspecified atom stereocenters. The van der Waals surface area contributed by atoms with Crippen molar-refractivity contribution >= 4 is 28.6 Å². The number of thiophene rings is 1. The van der Waals surface area contributed by atoms with Crippen LogP contribution < -0.4 is 5.73 Å². The van der Waals surface area contributed by atoms with E-state index >= 15 is 0 Å². The smallest absolute Gasteiger partial charge is 0.224 e. The predicted octanol–water partition coefficient (Wildman–Crippen LogP) is 2.21. The summed E-state index contributed by atoms with van der Waals surface area (Å²) in [6.45, 7) is 2.06. The highest BCUT2D eigenvalue weighted by Gasteiger charge is 2.07. The van der Waals surface area contributed by atoms with E-state index in [4.69, 9.17) is 5.73 Å². The molecule has 1 amide bonds. The highest BCUT2D eigenvalue weighted by atomic mass is 32.1. The monoisotopic (exact) mass is 238 g/mol. The van der Waals surface area contributed by atoms with Crippen LogP contribution in [0.2, 0.25) is 0 Å². The number of aromatic nitrogens is 1. The second-order valence-electron chi connectivity index (χ2n) is 3.18. The van der Waals surface area contributed by atoms with Crippen molar-refractivity contribution in [3.05, 3.63) is 27.4 Å². The first-order valence-corrected chi connectivity index (χ1v) is 6.14. The van der Waals surface area contributed by atoms with Gasteiger partial charge in [-0.15, -0.1) is 22.7 Å². The minimum atomic E-state index is -0.335. The minimum Gasteiger partial charge on any atom is -0.369 e. The predicted molar refractivity (Wildman–Crippen MR) is 63.1 cm³/mol. The second-order valence-corrected chi connectivity index (χ2v) is 5.41. The van der Waals surface area contributed by atoms with Gasteiger partial charge < -0.3 is 5.73 Å². The van der Waals surface area contributed by atoms with Gasteiger partial charge in [-0.2, -0.15) is 0 Å². The molecule has 0 radical (unpaired) electrons. The van der Waals surface area contributed by atoms with Crippen molar-refractivity contribution in [2.75, 3.05) is 0 Å². The van der Waals surface area contributed by atoms with Crippen LogP contribution in [0.1, 0.15) is 9.88 Å². The lowest BCUT2D eigenvalue weighted by atomic mass is 10.3. The minimum absolute atomic E-state index is 0.231. The Morgan fingerprint density at radius 1 is 1.53 bits per heavy atom. The fourth-order valence-corrected chi connectivity index (χ4v) is 2.93. The Labute approximate surface area is 95.6 Å². The molecule has 0 aliphatic rings. The lowest BCUT2D eigenvalue weighted by Gasteiger charge is -1.89. The molecule has 0 atom stereocenters. The van der Waals surface area contributed by atoms with Gasteiger partial charge in [-0.25, -0.2) is 4.98 Å². The Kier molecular flexibility index (Phi) is 2.83. The number of nitrogens with zero attached hydrogens (tertiary/aromatic N) is 1. The fourth-order valence-electron chi connectivity index (χ4n) is 1.23. The van der Waals surface area contributed by atoms with Gasteiger partial charge in [0.25, 0.3) is 0 Å². The molecular weight excluding hydrogens is 228 g/mol. The maximum atomic E-state index is 10.7. The second kappa shape index (κ2) is 4.12. The van der Waals surface area contributed by atoms with Gasteiger partial charge in [0.05, 0.1) is 17.0 Å². The van der Waals surface area contributed by atoms with Crippen molar-refractivity contribution in [3.8, 4) is 10.6 Å². The topological polar surface area (TPSA) is 56.0 Å². The Bertz CT molecular complexity index is 487. The van der Waals surface area contributed by atoms with Gasteiger partial charge >= 0.3 is 0 Å². The third-order valence-electron chi connectivity index (χ3n) is 1.87. The lowest BCUT2D eigenvalue weighted by molar-refractivity contribution is -0.117. The van der Waals surface area contributed by atoms with Gasteiger partial charge in [0.1, 0.15) is 5.01 Å². The zero-order valence-electron chi connectivity index (χ0n) is 8.19. The average Bonchev–Trinajstić information content (AvgIpc) is 2.72. The van der Waals surface area contributed by atoms with Crippen LogP contribution in [0.25, 0.3) is 10.6 Å². The average molecular weight is 238 g/mol. The number of carbonyl (C=O) groups excluding carboxylic acids is 1. The maximum absolute atomic E-state index is 10.7. The summed E-state index contributed by atoms with van der Waals surface area (Å²) >= 11 is 3.18. The first-order valence-electron chi connectivity index (χ1n) is 4.44. The number of amides is 1. The van der Waals surface area contributed by atoms with E-state index in [-0.39, 0.29) is 12.3 Å². The van der Waals surface area contributed by atoms with E-state index < -0.39 is 0 Å². The Morgan fingerprint density at radius 2 is 2.33 bits per heavy atom. The number of carbonyl (C=O) groups is 1. The number of primary amides is 1. The molecule has 0 saturated carbocycles. The van der Waals surface area contributed by atoms with E-state index in [1.165, 1.54) is 16.2 Å². The van der Waals surface area contributed by atoms with Gasteiger partial charge in [0.15, 0.2) is 0 Å². The highest BCUT2D eigenvalue weighted by molar-refractivity contribution is 7.16. The van der Waals surface area contributed by atoms with E-state index in [9.17, 15) is 4.79 Å². The van der Waals surface area contributed by atoms with Crippen LogP contribution >= 0.6 is 22.7 Å². The number of thiazole rings is 1. The molecule has 0 aliphatic carbocycles. The molecular formula is C10H10N2OS2. The van der Waals surface area contributed by atoms with Crippen molar-refractivity contribution in [3.63, 3.8) is 0 Å². The normalized spacial score (nSPS) is 10.5. The largest absolute Gasteiger partial charge is 0.369 e. The standard InChI is InChI=1S/C10H10N2OS2/c1-6-2-3-8(15-6)7-5-14-10(12-7)4-9(11)13/h2-3,5H,4H2,1H3,(H2,11,13). The summed E-state index contributed by atoms with van der Waals surface area (Å²) in [6, 6.07) is 4.11. The number of hydrogen-bond acceptors (Lipinski definition) is 4. The van der Waals surface area contributed by atoms with Crippen molar-refractivity contribution in [1.29, 1.82) is 0 Å². The zero-order chi connectivity index (χ0) is 10.8. The molecule has 78 valence electrons. The van der Waals surface area contributed by atoms with Crippen LogP contribution in [0.3, 0.4) is 0 Å². The molecule has 3 nitrogen and oxygen atoms in total. The molecule has 0 saturated heterocycles. The van der Waals surface area contributed by atoms with Crippen LogP contribution in [0, 0.1) is 6.92 Å². The van der Waals surface area contributed by atoms with Crippen LogP contribution in [-0.4, -0.2) is 10.9 Å². The van der Waals surface area contributed by atoms with E-state index in [1.54, 1.807) is 11.3 Å². The van der Waals surface area contributed by atoms with Gasteiger partial charge in [-0.1, -0.05) is 0 Å². The summed E-state index contributed by atoms with van der Waals surface area (Å²) in [5, 5.41) is 2.74. The molecule has 0 aromatic carbocycles. The molecule has 2 aromatic heterocycles. The lowest BCUT2D eigenvalue weighted by Crippen LogP contribution is -2.13. The molecule has 0 fully saturated rings. The third kappa shape index (κ3) is 2.43. The Morgan fingerprint density at radius 3 is 2.93 bits per heavy atom.